The zero-order valence-corrected chi connectivity index (χ0v) is 14.8. The molecule has 3 fully saturated rings. The maximum Gasteiger partial charge on any atom is 0.317 e. The minimum atomic E-state index is 0.169. The number of aromatic nitrogens is 1. The standard InChI is InChI=1S/C18H27N3OS/c1-13-12-23-16(19-13)10-15-4-2-9-21(15)17(22)20-14-5-8-18(11-14)6-3-7-18/h12,14-15H,2-11H2,1H3,(H,20,22). The van der Waals surface area contributed by atoms with Crippen LogP contribution >= 0.6 is 11.3 Å². The normalized spacial score (nSPS) is 29.0. The second-order valence-corrected chi connectivity index (χ2v) is 8.76. The maximum absolute atomic E-state index is 12.7. The van der Waals surface area contributed by atoms with Crippen LogP contribution in [0.5, 0.6) is 0 Å². The zero-order chi connectivity index (χ0) is 15.9. The minimum Gasteiger partial charge on any atom is -0.335 e. The third kappa shape index (κ3) is 3.12. The number of nitrogens with zero attached hydrogens (tertiary/aromatic N) is 2. The smallest absolute Gasteiger partial charge is 0.317 e. The van der Waals surface area contributed by atoms with Crippen LogP contribution in [0.2, 0.25) is 0 Å². The number of thiazole rings is 1. The molecule has 2 unspecified atom stereocenters. The summed E-state index contributed by atoms with van der Waals surface area (Å²) in [6.45, 7) is 2.94. The van der Waals surface area contributed by atoms with Crippen LogP contribution in [0.1, 0.15) is 62.1 Å². The van der Waals surface area contributed by atoms with Crippen molar-refractivity contribution in [2.75, 3.05) is 6.54 Å². The molecule has 0 radical (unpaired) electrons. The Bertz CT molecular complexity index is 581. The molecular weight excluding hydrogens is 306 g/mol. The number of urea groups is 1. The summed E-state index contributed by atoms with van der Waals surface area (Å²) in [5.41, 5.74) is 1.69. The first-order valence-corrected chi connectivity index (χ1v) is 10.00. The molecule has 2 amide bonds. The van der Waals surface area contributed by atoms with Crippen molar-refractivity contribution in [3.8, 4) is 0 Å². The molecule has 1 aliphatic heterocycles. The number of nitrogens with one attached hydrogen (secondary N) is 1. The molecule has 4 rings (SSSR count). The predicted octanol–water partition coefficient (Wildman–Crippen LogP) is 3.89. The van der Waals surface area contributed by atoms with Crippen LogP contribution in [0.3, 0.4) is 0 Å². The number of aryl methyl sites for hydroxylation is 1. The van der Waals surface area contributed by atoms with Crippen molar-refractivity contribution >= 4 is 17.4 Å². The Labute approximate surface area is 142 Å². The fourth-order valence-corrected chi connectivity index (χ4v) is 5.58. The predicted molar refractivity (Wildman–Crippen MR) is 92.7 cm³/mol. The van der Waals surface area contributed by atoms with Gasteiger partial charge < -0.3 is 10.2 Å². The lowest BCUT2D eigenvalue weighted by molar-refractivity contribution is 0.138. The van der Waals surface area contributed by atoms with E-state index >= 15 is 0 Å². The largest absolute Gasteiger partial charge is 0.335 e. The topological polar surface area (TPSA) is 45.2 Å². The molecule has 1 saturated heterocycles. The molecule has 23 heavy (non-hydrogen) atoms. The van der Waals surface area contributed by atoms with Crippen LogP contribution in [0.4, 0.5) is 4.79 Å². The van der Waals surface area contributed by atoms with Gasteiger partial charge in [-0.1, -0.05) is 6.42 Å². The summed E-state index contributed by atoms with van der Waals surface area (Å²) in [5.74, 6) is 0. The van der Waals surface area contributed by atoms with Gasteiger partial charge in [0, 0.05) is 36.1 Å². The number of likely N-dealkylation sites (tertiary alicyclic amines) is 1. The van der Waals surface area contributed by atoms with E-state index in [-0.39, 0.29) is 6.03 Å². The summed E-state index contributed by atoms with van der Waals surface area (Å²) in [6, 6.07) is 0.910. The molecule has 126 valence electrons. The third-order valence-corrected chi connectivity index (χ3v) is 7.15. The van der Waals surface area contributed by atoms with Crippen molar-refractivity contribution in [3.05, 3.63) is 16.1 Å². The van der Waals surface area contributed by atoms with Gasteiger partial charge in [-0.25, -0.2) is 9.78 Å². The Morgan fingerprint density at radius 3 is 2.91 bits per heavy atom. The number of carbonyl (C=O) groups excluding carboxylic acids is 1. The van der Waals surface area contributed by atoms with Gasteiger partial charge in [0.05, 0.1) is 5.01 Å². The molecule has 2 aliphatic carbocycles. The molecule has 1 spiro atoms. The summed E-state index contributed by atoms with van der Waals surface area (Å²) >= 11 is 1.72. The van der Waals surface area contributed by atoms with E-state index < -0.39 is 0 Å². The first kappa shape index (κ1) is 15.4. The monoisotopic (exact) mass is 333 g/mol. The van der Waals surface area contributed by atoms with Gasteiger partial charge in [0.15, 0.2) is 0 Å². The van der Waals surface area contributed by atoms with Crippen molar-refractivity contribution in [2.24, 2.45) is 5.41 Å². The van der Waals surface area contributed by atoms with Gasteiger partial charge in [0.25, 0.3) is 0 Å². The van der Waals surface area contributed by atoms with E-state index in [1.807, 2.05) is 6.92 Å². The van der Waals surface area contributed by atoms with Crippen molar-refractivity contribution in [2.45, 2.75) is 76.8 Å². The number of hydrogen-bond acceptors (Lipinski definition) is 3. The average molecular weight is 334 g/mol. The SMILES string of the molecule is Cc1csc(CC2CCCN2C(=O)NC2CCC3(CCC3)C2)n1. The molecule has 0 bridgehead atoms. The lowest BCUT2D eigenvalue weighted by atomic mass is 9.67. The van der Waals surface area contributed by atoms with Gasteiger partial charge in [-0.3, -0.25) is 0 Å². The van der Waals surface area contributed by atoms with Crippen molar-refractivity contribution in [1.82, 2.24) is 15.2 Å². The fraction of sp³-hybridized carbons (Fsp3) is 0.778. The van der Waals surface area contributed by atoms with Crippen LogP contribution in [0.25, 0.3) is 0 Å². The van der Waals surface area contributed by atoms with E-state index in [0.29, 0.717) is 17.5 Å². The summed E-state index contributed by atoms with van der Waals surface area (Å²) in [5, 5.41) is 6.61. The zero-order valence-electron chi connectivity index (χ0n) is 14.0. The number of amides is 2. The average Bonchev–Trinajstić information content (AvgIpc) is 3.18. The molecule has 4 nitrogen and oxygen atoms in total. The van der Waals surface area contributed by atoms with E-state index in [0.717, 1.165) is 31.5 Å². The van der Waals surface area contributed by atoms with Crippen LogP contribution in [-0.4, -0.2) is 34.5 Å². The van der Waals surface area contributed by atoms with Crippen LogP contribution in [0.15, 0.2) is 5.38 Å². The van der Waals surface area contributed by atoms with Gasteiger partial charge >= 0.3 is 6.03 Å². The second kappa shape index (κ2) is 6.08. The lowest BCUT2D eigenvalue weighted by Gasteiger charge is -2.38. The molecule has 2 heterocycles. The van der Waals surface area contributed by atoms with E-state index in [1.165, 1.54) is 43.5 Å². The van der Waals surface area contributed by atoms with Gasteiger partial charge in [-0.2, -0.15) is 0 Å². The van der Waals surface area contributed by atoms with Gasteiger partial charge in [0.1, 0.15) is 0 Å². The Kier molecular flexibility index (Phi) is 4.08. The highest BCUT2D eigenvalue weighted by Gasteiger charge is 2.44. The Morgan fingerprint density at radius 1 is 1.39 bits per heavy atom. The summed E-state index contributed by atoms with van der Waals surface area (Å²) < 4.78 is 0. The van der Waals surface area contributed by atoms with Crippen LogP contribution < -0.4 is 5.32 Å². The van der Waals surface area contributed by atoms with E-state index in [2.05, 4.69) is 20.6 Å². The summed E-state index contributed by atoms with van der Waals surface area (Å²) in [7, 11) is 0. The number of hydrogen-bond donors (Lipinski definition) is 1. The first-order chi connectivity index (χ1) is 11.1. The molecular formula is C18H27N3OS. The second-order valence-electron chi connectivity index (χ2n) is 7.82. The Hall–Kier alpha value is -1.10. The van der Waals surface area contributed by atoms with E-state index in [9.17, 15) is 4.79 Å². The molecule has 0 aromatic carbocycles. The first-order valence-electron chi connectivity index (χ1n) is 9.12. The molecule has 1 aromatic heterocycles. The van der Waals surface area contributed by atoms with Crippen molar-refractivity contribution in [1.29, 1.82) is 0 Å². The lowest BCUT2D eigenvalue weighted by Crippen LogP contribution is -2.47. The van der Waals surface area contributed by atoms with Crippen LogP contribution in [0, 0.1) is 12.3 Å². The van der Waals surface area contributed by atoms with Gasteiger partial charge in [-0.15, -0.1) is 11.3 Å². The fourth-order valence-electron chi connectivity index (χ4n) is 4.73. The molecule has 2 saturated carbocycles. The Morgan fingerprint density at radius 2 is 2.26 bits per heavy atom. The highest BCUT2D eigenvalue weighted by atomic mass is 32.1. The van der Waals surface area contributed by atoms with E-state index in [1.54, 1.807) is 11.3 Å². The molecule has 2 atom stereocenters. The van der Waals surface area contributed by atoms with Crippen molar-refractivity contribution in [3.63, 3.8) is 0 Å². The molecule has 3 aliphatic rings. The summed E-state index contributed by atoms with van der Waals surface area (Å²) in [6.07, 6.45) is 11.0. The minimum absolute atomic E-state index is 0.169. The number of carbonyl (C=O) groups is 1. The number of rotatable bonds is 3. The molecule has 5 heteroatoms. The van der Waals surface area contributed by atoms with Gasteiger partial charge in [0.2, 0.25) is 0 Å². The van der Waals surface area contributed by atoms with E-state index in [4.69, 9.17) is 0 Å². The van der Waals surface area contributed by atoms with Gasteiger partial charge in [-0.05, 0) is 57.3 Å². The molecule has 1 N–H and O–H groups in total. The van der Waals surface area contributed by atoms with Crippen LogP contribution in [-0.2, 0) is 6.42 Å². The molecule has 1 aromatic rings. The highest BCUT2D eigenvalue weighted by molar-refractivity contribution is 7.09. The maximum atomic E-state index is 12.7. The quantitative estimate of drug-likeness (QED) is 0.912. The summed E-state index contributed by atoms with van der Waals surface area (Å²) in [4.78, 5) is 19.4. The van der Waals surface area contributed by atoms with Crippen molar-refractivity contribution < 1.29 is 4.79 Å². The highest BCUT2D eigenvalue weighted by Crippen LogP contribution is 2.53. The Balaban J connectivity index is 1.33. The third-order valence-electron chi connectivity index (χ3n) is 6.16.